The minimum Gasteiger partial charge on any atom is -0.272 e. The van der Waals surface area contributed by atoms with Gasteiger partial charge in [-0.2, -0.15) is 9.40 Å². The third kappa shape index (κ3) is 3.11. The molecule has 6 rings (SSSR count). The van der Waals surface area contributed by atoms with Crippen LogP contribution in [0.2, 0.25) is 0 Å². The Kier molecular flexibility index (Phi) is 4.70. The third-order valence-corrected chi connectivity index (χ3v) is 10.2. The van der Waals surface area contributed by atoms with Gasteiger partial charge in [-0.25, -0.2) is 13.1 Å². The predicted octanol–water partition coefficient (Wildman–Crippen LogP) is 3.92. The van der Waals surface area contributed by atoms with E-state index in [9.17, 15) is 13.2 Å². The van der Waals surface area contributed by atoms with Crippen molar-refractivity contribution in [3.05, 3.63) is 11.4 Å². The number of aryl methyl sites for hydroxylation is 1. The number of hydrogen-bond donors (Lipinski definition) is 0. The van der Waals surface area contributed by atoms with Gasteiger partial charge in [0.2, 0.25) is 10.0 Å². The van der Waals surface area contributed by atoms with Crippen molar-refractivity contribution >= 4 is 15.9 Å². The molecule has 0 aromatic carbocycles. The molecule has 0 atom stereocenters. The lowest BCUT2D eigenvalue weighted by atomic mass is 9.49. The minimum absolute atomic E-state index is 0.0505. The molecule has 0 unspecified atom stereocenters. The Labute approximate surface area is 174 Å². The first-order valence-electron chi connectivity index (χ1n) is 11.4. The number of aromatic nitrogens is 2. The van der Waals surface area contributed by atoms with Gasteiger partial charge in [-0.3, -0.25) is 4.79 Å². The van der Waals surface area contributed by atoms with Gasteiger partial charge in [0.25, 0.3) is 5.91 Å². The number of rotatable bonds is 3. The summed E-state index contributed by atoms with van der Waals surface area (Å²) < 4.78 is 29.9. The summed E-state index contributed by atoms with van der Waals surface area (Å²) in [6.07, 6.45) is 10.7. The average molecular weight is 420 g/mol. The summed E-state index contributed by atoms with van der Waals surface area (Å²) in [4.78, 5) is 14.0. The fourth-order valence-corrected chi connectivity index (χ4v) is 9.08. The van der Waals surface area contributed by atoms with Crippen LogP contribution in [-0.2, 0) is 10.0 Å². The van der Waals surface area contributed by atoms with Gasteiger partial charge in [0, 0.05) is 13.1 Å². The van der Waals surface area contributed by atoms with E-state index in [2.05, 4.69) is 5.10 Å². The summed E-state index contributed by atoms with van der Waals surface area (Å²) in [5.41, 5.74) is 0.652. The highest BCUT2D eigenvalue weighted by Crippen LogP contribution is 2.60. The van der Waals surface area contributed by atoms with Crippen LogP contribution in [0.5, 0.6) is 0 Å². The second kappa shape index (κ2) is 6.91. The molecular weight excluding hydrogens is 386 g/mol. The molecule has 1 aromatic heterocycles. The van der Waals surface area contributed by atoms with Gasteiger partial charge in [0.15, 0.2) is 0 Å². The maximum atomic E-state index is 13.7. The Morgan fingerprint density at radius 2 is 1.45 bits per heavy atom. The van der Waals surface area contributed by atoms with Gasteiger partial charge in [-0.1, -0.05) is 12.8 Å². The van der Waals surface area contributed by atoms with Crippen molar-refractivity contribution in [3.8, 4) is 0 Å². The molecule has 0 amide bonds. The Balaban J connectivity index is 1.49. The minimum atomic E-state index is -3.62. The van der Waals surface area contributed by atoms with E-state index in [1.807, 2.05) is 0 Å². The quantitative estimate of drug-likeness (QED) is 0.744. The van der Waals surface area contributed by atoms with Crippen molar-refractivity contribution < 1.29 is 13.2 Å². The predicted molar refractivity (Wildman–Crippen MR) is 110 cm³/mol. The van der Waals surface area contributed by atoms with E-state index in [0.717, 1.165) is 44.9 Å². The molecule has 4 aliphatic carbocycles. The second-order valence-electron chi connectivity index (χ2n) is 10.2. The van der Waals surface area contributed by atoms with Crippen LogP contribution < -0.4 is 0 Å². The Bertz CT molecular complexity index is 890. The molecule has 0 spiro atoms. The molecule has 1 aromatic rings. The molecule has 0 N–H and O–H groups in total. The van der Waals surface area contributed by atoms with Gasteiger partial charge in [0.05, 0.1) is 16.8 Å². The van der Waals surface area contributed by atoms with Crippen LogP contribution in [-0.4, -0.2) is 41.5 Å². The van der Waals surface area contributed by atoms with Crippen LogP contribution in [0.15, 0.2) is 4.90 Å². The zero-order valence-corrected chi connectivity index (χ0v) is 18.5. The Morgan fingerprint density at radius 3 is 1.97 bits per heavy atom. The van der Waals surface area contributed by atoms with Gasteiger partial charge in [0.1, 0.15) is 4.90 Å². The molecule has 4 bridgehead atoms. The number of sulfonamides is 1. The summed E-state index contributed by atoms with van der Waals surface area (Å²) >= 11 is 0. The number of carbonyl (C=O) groups excluding carboxylic acids is 1. The highest BCUT2D eigenvalue weighted by molar-refractivity contribution is 7.89. The summed E-state index contributed by atoms with van der Waals surface area (Å²) in [7, 11) is -3.62. The maximum absolute atomic E-state index is 13.7. The lowest BCUT2D eigenvalue weighted by Gasteiger charge is -2.55. The van der Waals surface area contributed by atoms with Crippen LogP contribution in [0.4, 0.5) is 0 Å². The fraction of sp³-hybridized carbons (Fsp3) is 0.818. The summed E-state index contributed by atoms with van der Waals surface area (Å²) in [5.74, 6) is 2.06. The smallest absolute Gasteiger partial charge is 0.253 e. The first kappa shape index (κ1) is 19.7. The third-order valence-electron chi connectivity index (χ3n) is 8.07. The molecule has 7 heteroatoms. The van der Waals surface area contributed by atoms with Crippen molar-refractivity contribution in [1.82, 2.24) is 14.1 Å². The van der Waals surface area contributed by atoms with E-state index >= 15 is 0 Å². The highest BCUT2D eigenvalue weighted by Gasteiger charge is 2.55. The van der Waals surface area contributed by atoms with Crippen LogP contribution in [0.1, 0.15) is 80.4 Å². The van der Waals surface area contributed by atoms with E-state index < -0.39 is 10.0 Å². The molecule has 5 fully saturated rings. The lowest BCUT2D eigenvalue weighted by molar-refractivity contribution is -0.0410. The molecule has 29 heavy (non-hydrogen) atoms. The second-order valence-corrected chi connectivity index (χ2v) is 12.1. The highest BCUT2D eigenvalue weighted by atomic mass is 32.2. The van der Waals surface area contributed by atoms with Crippen LogP contribution >= 0.6 is 0 Å². The van der Waals surface area contributed by atoms with Crippen LogP contribution in [0.25, 0.3) is 0 Å². The van der Waals surface area contributed by atoms with Gasteiger partial charge >= 0.3 is 0 Å². The molecule has 2 heterocycles. The number of carbonyl (C=O) groups is 1. The van der Waals surface area contributed by atoms with Crippen LogP contribution in [0, 0.1) is 37.0 Å². The van der Waals surface area contributed by atoms with Crippen molar-refractivity contribution in [3.63, 3.8) is 0 Å². The Hall–Kier alpha value is -1.21. The summed E-state index contributed by atoms with van der Waals surface area (Å²) in [5, 5.41) is 4.51. The molecule has 1 aliphatic heterocycles. The Morgan fingerprint density at radius 1 is 0.931 bits per heavy atom. The van der Waals surface area contributed by atoms with E-state index in [1.165, 1.54) is 23.9 Å². The molecule has 1 saturated heterocycles. The van der Waals surface area contributed by atoms with E-state index in [1.54, 1.807) is 18.2 Å². The topological polar surface area (TPSA) is 72.3 Å². The van der Waals surface area contributed by atoms with E-state index in [4.69, 9.17) is 0 Å². The molecule has 6 nitrogen and oxygen atoms in total. The number of nitrogens with zero attached hydrogens (tertiary/aromatic N) is 3. The first-order valence-corrected chi connectivity index (χ1v) is 12.9. The fourth-order valence-electron chi connectivity index (χ4n) is 7.21. The normalized spacial score (nSPS) is 35.0. The zero-order valence-electron chi connectivity index (χ0n) is 17.7. The summed E-state index contributed by atoms with van der Waals surface area (Å²) in [6, 6.07) is 0. The maximum Gasteiger partial charge on any atom is 0.253 e. The summed E-state index contributed by atoms with van der Waals surface area (Å²) in [6.45, 7) is 4.63. The van der Waals surface area contributed by atoms with Crippen LogP contribution in [0.3, 0.4) is 0 Å². The lowest BCUT2D eigenvalue weighted by Crippen LogP contribution is -2.51. The SMILES string of the molecule is Cc1nn(C(=O)C23CC4CC(CC(C4)C2)C3)c(C)c1S(=O)(=O)N1CCCCCC1. The molecule has 5 aliphatic rings. The van der Waals surface area contributed by atoms with E-state index in [-0.39, 0.29) is 16.2 Å². The van der Waals surface area contributed by atoms with Crippen molar-refractivity contribution in [2.24, 2.45) is 23.2 Å². The zero-order chi connectivity index (χ0) is 20.4. The molecular formula is C22H33N3O3S. The molecule has 4 saturated carbocycles. The molecule has 0 radical (unpaired) electrons. The van der Waals surface area contributed by atoms with Crippen molar-refractivity contribution in [1.29, 1.82) is 0 Å². The number of hydrogen-bond acceptors (Lipinski definition) is 4. The van der Waals surface area contributed by atoms with Gasteiger partial charge in [-0.05, 0) is 83.0 Å². The van der Waals surface area contributed by atoms with Crippen molar-refractivity contribution in [2.45, 2.75) is 83.0 Å². The standard InChI is InChI=1S/C22H33N3O3S/c1-15-20(29(27,28)24-7-5-3-4-6-8-24)16(2)25(23-15)21(26)22-12-17-9-18(13-22)11-19(10-17)14-22/h17-19H,3-14H2,1-2H3. The monoisotopic (exact) mass is 419 g/mol. The molecule has 160 valence electrons. The first-order chi connectivity index (χ1) is 13.8. The van der Waals surface area contributed by atoms with Gasteiger partial charge < -0.3 is 0 Å². The van der Waals surface area contributed by atoms with Crippen molar-refractivity contribution in [2.75, 3.05) is 13.1 Å². The van der Waals surface area contributed by atoms with E-state index in [0.29, 0.717) is 42.2 Å². The van der Waals surface area contributed by atoms with Gasteiger partial charge in [-0.15, -0.1) is 0 Å². The average Bonchev–Trinajstić information content (AvgIpc) is 2.84. The largest absolute Gasteiger partial charge is 0.272 e.